The number of carbonyl (C=O) groups is 3. The molecule has 7 rings (SSSR count). The van der Waals surface area contributed by atoms with Gasteiger partial charge in [-0.3, -0.25) is 37.1 Å². The first-order valence-electron chi connectivity index (χ1n) is 15.1. The SMILES string of the molecule is Cc1ccnc(-c2cc(C(=O)ON3C(=O)CCC3=O)ccn2)c1.Fc1c[c-]c(-c2ccccn2)c(F)c1.Fc1c[c-]c(-c2ccccn2)c(F)c1.[Ir]. The summed E-state index contributed by atoms with van der Waals surface area (Å²) in [6.45, 7) is 1.92. The molecule has 0 spiro atoms. The van der Waals surface area contributed by atoms with E-state index in [1.54, 1.807) is 55.0 Å². The quantitative estimate of drug-likeness (QED) is 0.101. The number of rotatable bonds is 5. The predicted octanol–water partition coefficient (Wildman–Crippen LogP) is 7.32. The van der Waals surface area contributed by atoms with Gasteiger partial charge in [-0.05, 0) is 60.3 Å². The van der Waals surface area contributed by atoms with Crippen molar-refractivity contribution in [2.75, 3.05) is 0 Å². The molecule has 14 heteroatoms. The molecular formula is C38H25F4IrN5O4-2. The van der Waals surface area contributed by atoms with E-state index in [4.69, 9.17) is 4.84 Å². The summed E-state index contributed by atoms with van der Waals surface area (Å²) in [5, 5.41) is 0.521. The van der Waals surface area contributed by atoms with Crippen LogP contribution in [0.2, 0.25) is 0 Å². The molecule has 2 amide bonds. The smallest absolute Gasteiger partial charge is 0.325 e. The number of amides is 2. The minimum absolute atomic E-state index is 0. The number of aryl methyl sites for hydroxylation is 1. The van der Waals surface area contributed by atoms with E-state index in [0.717, 1.165) is 29.8 Å². The van der Waals surface area contributed by atoms with Crippen LogP contribution in [-0.2, 0) is 34.5 Å². The second-order valence-corrected chi connectivity index (χ2v) is 10.6. The standard InChI is InChI=1S/C16H13N3O4.2C11H6F2N.Ir/c1-10-4-6-17-12(8-10)13-9-11(5-7-18-13)16(22)23-19-14(20)2-3-15(19)21;2*12-8-4-5-9(10(13)7-8)11-3-1-2-6-14-11;/h4-9H,2-3H2,1H3;2*1-4,6-7H;/q;2*-1;. The topological polar surface area (TPSA) is 115 Å². The van der Waals surface area contributed by atoms with Crippen LogP contribution in [0.25, 0.3) is 33.9 Å². The number of halogens is 4. The van der Waals surface area contributed by atoms with Crippen LogP contribution in [0.5, 0.6) is 0 Å². The molecule has 52 heavy (non-hydrogen) atoms. The summed E-state index contributed by atoms with van der Waals surface area (Å²) in [6, 6.07) is 25.7. The van der Waals surface area contributed by atoms with Crippen LogP contribution in [0.4, 0.5) is 17.6 Å². The van der Waals surface area contributed by atoms with Crippen LogP contribution in [0.1, 0.15) is 28.8 Å². The van der Waals surface area contributed by atoms with Gasteiger partial charge in [0.05, 0.1) is 17.0 Å². The molecule has 0 bridgehead atoms. The molecule has 9 nitrogen and oxygen atoms in total. The van der Waals surface area contributed by atoms with Crippen molar-refractivity contribution in [2.24, 2.45) is 0 Å². The molecule has 265 valence electrons. The summed E-state index contributed by atoms with van der Waals surface area (Å²) in [5.74, 6) is -4.39. The Kier molecular flexibility index (Phi) is 13.7. The maximum absolute atomic E-state index is 13.2. The molecule has 1 fully saturated rings. The van der Waals surface area contributed by atoms with Crippen molar-refractivity contribution < 1.29 is 56.9 Å². The Bertz CT molecular complexity index is 2080. The molecule has 0 N–H and O–H groups in total. The first-order chi connectivity index (χ1) is 24.6. The van der Waals surface area contributed by atoms with Crippen molar-refractivity contribution >= 4 is 17.8 Å². The van der Waals surface area contributed by atoms with Crippen molar-refractivity contribution in [3.8, 4) is 33.9 Å². The largest absolute Gasteiger partial charge is 0.364 e. The minimum Gasteiger partial charge on any atom is -0.325 e. The summed E-state index contributed by atoms with van der Waals surface area (Å²) in [4.78, 5) is 56.2. The van der Waals surface area contributed by atoms with Gasteiger partial charge in [-0.15, -0.1) is 29.3 Å². The Balaban J connectivity index is 0.000000182. The molecule has 2 aromatic carbocycles. The Hall–Kier alpha value is -5.98. The Morgan fingerprint density at radius 3 is 1.60 bits per heavy atom. The zero-order chi connectivity index (χ0) is 36.3. The fourth-order valence-corrected chi connectivity index (χ4v) is 4.47. The third-order valence-corrected chi connectivity index (χ3v) is 6.91. The third-order valence-electron chi connectivity index (χ3n) is 6.91. The van der Waals surface area contributed by atoms with Crippen LogP contribution in [0.3, 0.4) is 0 Å². The van der Waals surface area contributed by atoms with E-state index >= 15 is 0 Å². The monoisotopic (exact) mass is 884 g/mol. The number of imide groups is 1. The van der Waals surface area contributed by atoms with E-state index in [0.29, 0.717) is 27.8 Å². The maximum atomic E-state index is 13.2. The number of carbonyl (C=O) groups excluding carboxylic acids is 3. The molecule has 0 aliphatic carbocycles. The molecule has 0 saturated carbocycles. The van der Waals surface area contributed by atoms with Gasteiger partial charge in [0, 0.05) is 81.0 Å². The van der Waals surface area contributed by atoms with Gasteiger partial charge >= 0.3 is 5.97 Å². The van der Waals surface area contributed by atoms with Gasteiger partial charge in [-0.2, -0.15) is 0 Å². The first-order valence-corrected chi connectivity index (χ1v) is 15.1. The summed E-state index contributed by atoms with van der Waals surface area (Å²) in [7, 11) is 0. The van der Waals surface area contributed by atoms with E-state index in [1.807, 2.05) is 19.1 Å². The molecule has 1 aliphatic heterocycles. The van der Waals surface area contributed by atoms with Crippen molar-refractivity contribution in [1.82, 2.24) is 25.0 Å². The van der Waals surface area contributed by atoms with Gasteiger partial charge in [0.1, 0.15) is 0 Å². The van der Waals surface area contributed by atoms with E-state index in [2.05, 4.69) is 32.1 Å². The van der Waals surface area contributed by atoms with Gasteiger partial charge in [0.15, 0.2) is 0 Å². The van der Waals surface area contributed by atoms with Crippen molar-refractivity contribution in [1.29, 1.82) is 0 Å². The van der Waals surface area contributed by atoms with E-state index in [-0.39, 0.29) is 49.6 Å². The number of hydrogen-bond acceptors (Lipinski definition) is 8. The fourth-order valence-electron chi connectivity index (χ4n) is 4.47. The van der Waals surface area contributed by atoms with Gasteiger partial charge < -0.3 is 14.8 Å². The first kappa shape index (κ1) is 38.8. The second-order valence-electron chi connectivity index (χ2n) is 10.6. The molecule has 1 radical (unpaired) electrons. The summed E-state index contributed by atoms with van der Waals surface area (Å²) in [6.07, 6.45) is 6.31. The average Bonchev–Trinajstić information content (AvgIpc) is 3.45. The average molecular weight is 884 g/mol. The van der Waals surface area contributed by atoms with E-state index in [9.17, 15) is 31.9 Å². The van der Waals surface area contributed by atoms with E-state index in [1.165, 1.54) is 18.3 Å². The number of benzene rings is 2. The number of hydroxylamine groups is 2. The summed E-state index contributed by atoms with van der Waals surface area (Å²) in [5.41, 5.74) is 3.59. The Labute approximate surface area is 308 Å². The molecule has 5 heterocycles. The van der Waals surface area contributed by atoms with Gasteiger partial charge in [0.25, 0.3) is 11.8 Å². The van der Waals surface area contributed by atoms with Crippen molar-refractivity contribution in [3.05, 3.63) is 156 Å². The molecule has 6 aromatic rings. The predicted molar refractivity (Wildman–Crippen MR) is 176 cm³/mol. The molecule has 0 unspecified atom stereocenters. The number of aromatic nitrogens is 4. The van der Waals surface area contributed by atoms with Crippen molar-refractivity contribution in [2.45, 2.75) is 19.8 Å². The second kappa shape index (κ2) is 18.3. The number of hydrogen-bond donors (Lipinski definition) is 0. The molecule has 4 aromatic heterocycles. The number of pyridine rings is 4. The van der Waals surface area contributed by atoms with E-state index < -0.39 is 41.1 Å². The van der Waals surface area contributed by atoms with Crippen molar-refractivity contribution in [3.63, 3.8) is 0 Å². The van der Waals surface area contributed by atoms with Crippen LogP contribution in [0, 0.1) is 42.3 Å². The summed E-state index contributed by atoms with van der Waals surface area (Å²) < 4.78 is 51.6. The molecular weight excluding hydrogens is 859 g/mol. The van der Waals surface area contributed by atoms with Crippen LogP contribution < -0.4 is 0 Å². The zero-order valence-corrected chi connectivity index (χ0v) is 29.4. The Morgan fingerprint density at radius 2 is 1.13 bits per heavy atom. The maximum Gasteiger partial charge on any atom is 0.364 e. The minimum atomic E-state index is -0.787. The van der Waals surface area contributed by atoms with Crippen LogP contribution >= 0.6 is 0 Å². The normalized spacial score (nSPS) is 11.8. The van der Waals surface area contributed by atoms with Gasteiger partial charge in [-0.25, -0.2) is 4.79 Å². The summed E-state index contributed by atoms with van der Waals surface area (Å²) >= 11 is 0. The Morgan fingerprint density at radius 1 is 0.654 bits per heavy atom. The van der Waals surface area contributed by atoms with Gasteiger partial charge in [0.2, 0.25) is 0 Å². The van der Waals surface area contributed by atoms with Gasteiger partial charge in [-0.1, -0.05) is 47.5 Å². The van der Waals surface area contributed by atoms with Crippen LogP contribution in [0.15, 0.2) is 110 Å². The zero-order valence-electron chi connectivity index (χ0n) is 27.0. The molecule has 1 aliphatic rings. The molecule has 0 atom stereocenters. The number of nitrogens with zero attached hydrogens (tertiary/aromatic N) is 5. The third kappa shape index (κ3) is 10.3. The van der Waals surface area contributed by atoms with Crippen LogP contribution in [-0.4, -0.2) is 42.8 Å². The fraction of sp³-hybridized carbons (Fsp3) is 0.0789. The molecule has 1 saturated heterocycles.